The monoisotopic (exact) mass is 432 g/mol. The van der Waals surface area contributed by atoms with Crippen molar-refractivity contribution >= 4 is 11.9 Å². The molecule has 0 radical (unpaired) electrons. The van der Waals surface area contributed by atoms with Crippen molar-refractivity contribution in [3.63, 3.8) is 0 Å². The Labute approximate surface area is 191 Å². The number of carbonyl (C=O) groups excluding carboxylic acids is 2. The van der Waals surface area contributed by atoms with Crippen molar-refractivity contribution in [2.75, 3.05) is 6.61 Å². The highest BCUT2D eigenvalue weighted by atomic mass is 16.5. The summed E-state index contributed by atoms with van der Waals surface area (Å²) < 4.78 is 10.5. The molecule has 4 nitrogen and oxygen atoms in total. The highest BCUT2D eigenvalue weighted by Crippen LogP contribution is 2.35. The van der Waals surface area contributed by atoms with Crippen LogP contribution in [-0.2, 0) is 19.1 Å². The maximum Gasteiger partial charge on any atom is 0.338 e. The molecule has 0 fully saturated rings. The maximum absolute atomic E-state index is 11.7. The standard InChI is InChI=1S/C28H32O4/c1-19(2)27(29)31-18-17-21-5-7-22(8-6-21)23-9-11-24(12-10-23)25-13-15-26(16-14-25)32-28(30)20(3)4/h5,7,9,11,13,15H,1,3,6,8,10,12,14,16-18H2,2,4H3. The van der Waals surface area contributed by atoms with E-state index in [2.05, 4.69) is 43.5 Å². The van der Waals surface area contributed by atoms with Crippen LogP contribution in [0.5, 0.6) is 0 Å². The quantitative estimate of drug-likeness (QED) is 0.324. The van der Waals surface area contributed by atoms with E-state index in [1.807, 2.05) is 6.08 Å². The molecular formula is C28H32O4. The van der Waals surface area contributed by atoms with Crippen molar-refractivity contribution in [1.82, 2.24) is 0 Å². The van der Waals surface area contributed by atoms with Gasteiger partial charge in [-0.25, -0.2) is 9.59 Å². The summed E-state index contributed by atoms with van der Waals surface area (Å²) >= 11 is 0. The van der Waals surface area contributed by atoms with Gasteiger partial charge in [-0.05, 0) is 74.3 Å². The molecular weight excluding hydrogens is 400 g/mol. The minimum atomic E-state index is -0.358. The van der Waals surface area contributed by atoms with Gasteiger partial charge in [-0.15, -0.1) is 0 Å². The summed E-state index contributed by atoms with van der Waals surface area (Å²) in [6.45, 7) is 11.0. The molecule has 32 heavy (non-hydrogen) atoms. The highest BCUT2D eigenvalue weighted by molar-refractivity contribution is 5.87. The highest BCUT2D eigenvalue weighted by Gasteiger charge is 2.18. The molecule has 0 aromatic carbocycles. The molecule has 0 aliphatic heterocycles. The van der Waals surface area contributed by atoms with Gasteiger partial charge in [0.25, 0.3) is 0 Å². The van der Waals surface area contributed by atoms with E-state index in [1.54, 1.807) is 13.8 Å². The Kier molecular flexibility index (Phi) is 8.04. The van der Waals surface area contributed by atoms with E-state index >= 15 is 0 Å². The second-order valence-electron chi connectivity index (χ2n) is 8.56. The summed E-state index contributed by atoms with van der Waals surface area (Å²) in [5.74, 6) is 0.0300. The summed E-state index contributed by atoms with van der Waals surface area (Å²) in [7, 11) is 0. The number of carbonyl (C=O) groups is 2. The first-order valence-corrected chi connectivity index (χ1v) is 11.2. The first kappa shape index (κ1) is 23.5. The van der Waals surface area contributed by atoms with Gasteiger partial charge in [-0.2, -0.15) is 0 Å². The number of allylic oxidation sites excluding steroid dienone is 11. The van der Waals surface area contributed by atoms with Gasteiger partial charge in [0, 0.05) is 24.0 Å². The van der Waals surface area contributed by atoms with Crippen molar-refractivity contribution in [3.05, 3.63) is 94.4 Å². The number of rotatable bonds is 8. The molecule has 0 aromatic heterocycles. The lowest BCUT2D eigenvalue weighted by molar-refractivity contribution is -0.139. The average molecular weight is 433 g/mol. The Balaban J connectivity index is 1.56. The largest absolute Gasteiger partial charge is 0.462 e. The summed E-state index contributed by atoms with van der Waals surface area (Å²) in [5.41, 5.74) is 7.65. The number of ether oxygens (including phenoxy) is 2. The summed E-state index contributed by atoms with van der Waals surface area (Å²) in [5, 5.41) is 0. The molecule has 168 valence electrons. The maximum atomic E-state index is 11.7. The molecule has 0 aromatic rings. The van der Waals surface area contributed by atoms with Crippen molar-refractivity contribution < 1.29 is 19.1 Å². The Morgan fingerprint density at radius 2 is 1.22 bits per heavy atom. The molecule has 0 bridgehead atoms. The molecule has 0 spiro atoms. The Hall–Kier alpha value is -3.14. The lowest BCUT2D eigenvalue weighted by Gasteiger charge is -2.23. The van der Waals surface area contributed by atoms with Gasteiger partial charge in [0.05, 0.1) is 6.61 Å². The van der Waals surface area contributed by atoms with Crippen LogP contribution in [0, 0.1) is 0 Å². The zero-order valence-electron chi connectivity index (χ0n) is 19.2. The van der Waals surface area contributed by atoms with Gasteiger partial charge < -0.3 is 9.47 Å². The summed E-state index contributed by atoms with van der Waals surface area (Å²) in [4.78, 5) is 23.1. The first-order chi connectivity index (χ1) is 15.3. The van der Waals surface area contributed by atoms with E-state index < -0.39 is 0 Å². The molecule has 0 heterocycles. The molecule has 0 amide bonds. The molecule has 3 rings (SSSR count). The smallest absolute Gasteiger partial charge is 0.338 e. The Morgan fingerprint density at radius 1 is 0.719 bits per heavy atom. The van der Waals surface area contributed by atoms with Gasteiger partial charge in [0.1, 0.15) is 5.76 Å². The van der Waals surface area contributed by atoms with Crippen molar-refractivity contribution in [1.29, 1.82) is 0 Å². The molecule has 0 unspecified atom stereocenters. The van der Waals surface area contributed by atoms with Gasteiger partial charge in [-0.1, -0.05) is 49.1 Å². The van der Waals surface area contributed by atoms with Crippen LogP contribution >= 0.6 is 0 Å². The molecule has 3 aliphatic rings. The van der Waals surface area contributed by atoms with E-state index in [-0.39, 0.29) is 11.9 Å². The van der Waals surface area contributed by atoms with Gasteiger partial charge >= 0.3 is 11.9 Å². The summed E-state index contributed by atoms with van der Waals surface area (Å²) in [6.07, 6.45) is 19.3. The second kappa shape index (κ2) is 10.9. The SMILES string of the molecule is C=C(C)C(=O)OCCC1=CC=C(C2=CC=C(C3=CC=C(OC(=O)C(=C)C)CC3)CC2)CC1. The fraction of sp³-hybridized carbons (Fsp3) is 0.357. The lowest BCUT2D eigenvalue weighted by atomic mass is 9.84. The number of hydrogen-bond acceptors (Lipinski definition) is 4. The molecule has 0 N–H and O–H groups in total. The average Bonchev–Trinajstić information content (AvgIpc) is 2.80. The minimum absolute atomic E-state index is 0.319. The Morgan fingerprint density at radius 3 is 1.66 bits per heavy atom. The topological polar surface area (TPSA) is 52.6 Å². The van der Waals surface area contributed by atoms with Crippen LogP contribution in [0.15, 0.2) is 94.4 Å². The Bertz CT molecular complexity index is 1010. The lowest BCUT2D eigenvalue weighted by Crippen LogP contribution is -2.08. The van der Waals surface area contributed by atoms with Crippen molar-refractivity contribution in [3.8, 4) is 0 Å². The van der Waals surface area contributed by atoms with Crippen LogP contribution < -0.4 is 0 Å². The molecule has 0 saturated carbocycles. The zero-order chi connectivity index (χ0) is 23.1. The third kappa shape index (κ3) is 6.43. The number of esters is 2. The van der Waals surface area contributed by atoms with Crippen LogP contribution in [-0.4, -0.2) is 18.5 Å². The number of hydrogen-bond donors (Lipinski definition) is 0. The van der Waals surface area contributed by atoms with E-state index in [0.29, 0.717) is 23.5 Å². The molecule has 4 heteroatoms. The predicted molar refractivity (Wildman–Crippen MR) is 127 cm³/mol. The van der Waals surface area contributed by atoms with Crippen LogP contribution in [0.25, 0.3) is 0 Å². The zero-order valence-corrected chi connectivity index (χ0v) is 19.2. The van der Waals surface area contributed by atoms with E-state index in [4.69, 9.17) is 9.47 Å². The molecule has 0 atom stereocenters. The van der Waals surface area contributed by atoms with E-state index in [0.717, 1.165) is 44.9 Å². The molecule has 0 saturated heterocycles. The predicted octanol–water partition coefficient (Wildman–Crippen LogP) is 6.51. The van der Waals surface area contributed by atoms with Gasteiger partial charge in [-0.3, -0.25) is 0 Å². The fourth-order valence-corrected chi connectivity index (χ4v) is 3.90. The summed E-state index contributed by atoms with van der Waals surface area (Å²) in [6, 6.07) is 0. The normalized spacial score (nSPS) is 18.2. The van der Waals surface area contributed by atoms with Crippen LogP contribution in [0.3, 0.4) is 0 Å². The van der Waals surface area contributed by atoms with Gasteiger partial charge in [0.15, 0.2) is 0 Å². The van der Waals surface area contributed by atoms with Crippen LogP contribution in [0.1, 0.15) is 58.8 Å². The van der Waals surface area contributed by atoms with Gasteiger partial charge in [0.2, 0.25) is 0 Å². The molecule has 3 aliphatic carbocycles. The first-order valence-electron chi connectivity index (χ1n) is 11.2. The third-order valence-corrected chi connectivity index (χ3v) is 5.90. The van der Waals surface area contributed by atoms with E-state index in [9.17, 15) is 9.59 Å². The van der Waals surface area contributed by atoms with Crippen LogP contribution in [0.4, 0.5) is 0 Å². The van der Waals surface area contributed by atoms with Crippen molar-refractivity contribution in [2.45, 2.75) is 58.8 Å². The second-order valence-corrected chi connectivity index (χ2v) is 8.56. The van der Waals surface area contributed by atoms with Crippen molar-refractivity contribution in [2.24, 2.45) is 0 Å². The van der Waals surface area contributed by atoms with E-state index in [1.165, 1.54) is 27.9 Å². The minimum Gasteiger partial charge on any atom is -0.462 e. The fourth-order valence-electron chi connectivity index (χ4n) is 3.90. The third-order valence-electron chi connectivity index (χ3n) is 5.90. The van der Waals surface area contributed by atoms with Crippen LogP contribution in [0.2, 0.25) is 0 Å².